The van der Waals surface area contributed by atoms with Crippen molar-refractivity contribution in [3.63, 3.8) is 0 Å². The van der Waals surface area contributed by atoms with Crippen LogP contribution in [-0.4, -0.2) is 28.5 Å². The maximum absolute atomic E-state index is 10.6. The van der Waals surface area contributed by atoms with E-state index in [9.17, 15) is 10.2 Å². The second-order valence-electron chi connectivity index (χ2n) is 5.94. The molecular formula is C12H23NO2. The molecule has 4 N–H and O–H groups in total. The van der Waals surface area contributed by atoms with Crippen LogP contribution in [-0.2, 0) is 0 Å². The Hall–Kier alpha value is -0.120. The van der Waals surface area contributed by atoms with Gasteiger partial charge in [0.2, 0.25) is 0 Å². The molecule has 2 bridgehead atoms. The topological polar surface area (TPSA) is 66.5 Å². The molecule has 0 aromatic carbocycles. The maximum atomic E-state index is 10.6. The highest BCUT2D eigenvalue weighted by Crippen LogP contribution is 2.63. The minimum Gasteiger partial charge on any atom is -0.390 e. The molecule has 3 saturated carbocycles. The molecule has 0 radical (unpaired) electrons. The predicted molar refractivity (Wildman–Crippen MR) is 59.2 cm³/mol. The van der Waals surface area contributed by atoms with Gasteiger partial charge < -0.3 is 15.9 Å². The molecular weight excluding hydrogens is 190 g/mol. The molecule has 3 fully saturated rings. The van der Waals surface area contributed by atoms with Crippen molar-refractivity contribution in [3.8, 4) is 0 Å². The zero-order chi connectivity index (χ0) is 11.3. The van der Waals surface area contributed by atoms with Crippen LogP contribution in [0, 0.1) is 17.3 Å². The molecule has 3 rings (SSSR count). The van der Waals surface area contributed by atoms with Crippen LogP contribution in [0.3, 0.4) is 0 Å². The number of hydrogen-bond acceptors (Lipinski definition) is 3. The van der Waals surface area contributed by atoms with Gasteiger partial charge in [-0.2, -0.15) is 0 Å². The van der Waals surface area contributed by atoms with Gasteiger partial charge in [-0.05, 0) is 49.5 Å². The highest BCUT2D eigenvalue weighted by atomic mass is 16.3. The third kappa shape index (κ3) is 1.44. The number of aliphatic hydroxyl groups is 2. The van der Waals surface area contributed by atoms with Crippen LogP contribution >= 0.6 is 0 Å². The molecule has 0 aromatic rings. The molecule has 0 amide bonds. The van der Waals surface area contributed by atoms with E-state index >= 15 is 0 Å². The fourth-order valence-corrected chi connectivity index (χ4v) is 3.70. The summed E-state index contributed by atoms with van der Waals surface area (Å²) < 4.78 is 0. The summed E-state index contributed by atoms with van der Waals surface area (Å²) >= 11 is 0. The van der Waals surface area contributed by atoms with E-state index in [0.29, 0.717) is 18.9 Å². The Labute approximate surface area is 91.7 Å². The van der Waals surface area contributed by atoms with Crippen molar-refractivity contribution < 1.29 is 10.2 Å². The molecule has 4 atom stereocenters. The first-order chi connectivity index (χ1) is 6.93. The summed E-state index contributed by atoms with van der Waals surface area (Å²) in [6.07, 6.45) is 2.73. The number of rotatable bonds is 3. The predicted octanol–water partition coefficient (Wildman–Crippen LogP) is 0.883. The molecule has 3 heteroatoms. The summed E-state index contributed by atoms with van der Waals surface area (Å²) in [5, 5.41) is 20.6. The fraction of sp³-hybridized carbons (Fsp3) is 1.00. The summed E-state index contributed by atoms with van der Waals surface area (Å²) in [5.74, 6) is 0.848. The van der Waals surface area contributed by atoms with E-state index in [0.717, 1.165) is 19.3 Å². The number of fused-ring (bicyclic) bond motifs is 2. The van der Waals surface area contributed by atoms with Crippen molar-refractivity contribution in [2.75, 3.05) is 6.54 Å². The lowest BCUT2D eigenvalue weighted by molar-refractivity contribution is -0.256. The molecule has 3 nitrogen and oxygen atoms in total. The number of hydrogen-bond donors (Lipinski definition) is 3. The number of aliphatic hydroxyl groups excluding tert-OH is 1. The molecule has 0 unspecified atom stereocenters. The number of nitrogens with two attached hydrogens (primary N) is 1. The normalized spacial score (nSPS) is 47.4. The largest absolute Gasteiger partial charge is 0.390 e. The van der Waals surface area contributed by atoms with Gasteiger partial charge >= 0.3 is 0 Å². The fourth-order valence-electron chi connectivity index (χ4n) is 3.70. The maximum Gasteiger partial charge on any atom is 0.0939 e. The smallest absolute Gasteiger partial charge is 0.0939 e. The van der Waals surface area contributed by atoms with Crippen LogP contribution in [0.5, 0.6) is 0 Å². The Bertz CT molecular complexity index is 254. The Morgan fingerprint density at radius 2 is 2.00 bits per heavy atom. The lowest BCUT2D eigenvalue weighted by atomic mass is 9.43. The minimum absolute atomic E-state index is 0.197. The van der Waals surface area contributed by atoms with Crippen molar-refractivity contribution >= 4 is 0 Å². The molecule has 0 heterocycles. The van der Waals surface area contributed by atoms with Gasteiger partial charge in [-0.3, -0.25) is 0 Å². The van der Waals surface area contributed by atoms with Gasteiger partial charge in [0.05, 0.1) is 11.7 Å². The second-order valence-corrected chi connectivity index (χ2v) is 5.94. The summed E-state index contributed by atoms with van der Waals surface area (Å²) in [6.45, 7) is 5.02. The van der Waals surface area contributed by atoms with Crippen LogP contribution in [0.4, 0.5) is 0 Å². The molecule has 0 spiro atoms. The van der Waals surface area contributed by atoms with Crippen LogP contribution in [0.2, 0.25) is 0 Å². The highest BCUT2D eigenvalue weighted by Gasteiger charge is 2.63. The zero-order valence-electron chi connectivity index (χ0n) is 9.74. The monoisotopic (exact) mass is 213 g/mol. The van der Waals surface area contributed by atoms with Gasteiger partial charge in [-0.1, -0.05) is 13.8 Å². The molecule has 3 aliphatic rings. The first kappa shape index (κ1) is 11.4. The SMILES string of the molecule is CC1(C)[C@@H]2C[C@@H](O)[C@](O)(CCCN)[C@H]1C2. The van der Waals surface area contributed by atoms with Crippen molar-refractivity contribution in [1.29, 1.82) is 0 Å². The van der Waals surface area contributed by atoms with E-state index < -0.39 is 11.7 Å². The molecule has 3 aliphatic carbocycles. The lowest BCUT2D eigenvalue weighted by Gasteiger charge is -2.65. The first-order valence-corrected chi connectivity index (χ1v) is 6.03. The Kier molecular flexibility index (Phi) is 2.61. The average molecular weight is 213 g/mol. The van der Waals surface area contributed by atoms with Crippen LogP contribution in [0.15, 0.2) is 0 Å². The van der Waals surface area contributed by atoms with Gasteiger partial charge in [-0.15, -0.1) is 0 Å². The third-order valence-electron chi connectivity index (χ3n) is 4.94. The van der Waals surface area contributed by atoms with Gasteiger partial charge in [0.25, 0.3) is 0 Å². The molecule has 0 aliphatic heterocycles. The minimum atomic E-state index is -0.877. The van der Waals surface area contributed by atoms with Crippen molar-refractivity contribution in [1.82, 2.24) is 0 Å². The van der Waals surface area contributed by atoms with E-state index in [1.54, 1.807) is 0 Å². The van der Waals surface area contributed by atoms with E-state index in [1.165, 1.54) is 0 Å². The first-order valence-electron chi connectivity index (χ1n) is 6.03. The standard InChI is InChI=1S/C12H23NO2/c1-11(2)8-6-9(11)12(15,4-3-5-13)10(14)7-8/h8-10,14-15H,3-7,13H2,1-2H3/t8-,9-,10+,12-/m0/s1. The zero-order valence-corrected chi connectivity index (χ0v) is 9.74. The summed E-state index contributed by atoms with van der Waals surface area (Å²) in [4.78, 5) is 0. The molecule has 15 heavy (non-hydrogen) atoms. The van der Waals surface area contributed by atoms with E-state index in [-0.39, 0.29) is 11.3 Å². The Balaban J connectivity index is 2.14. The van der Waals surface area contributed by atoms with Crippen molar-refractivity contribution in [3.05, 3.63) is 0 Å². The van der Waals surface area contributed by atoms with Crippen LogP contribution < -0.4 is 5.73 Å². The van der Waals surface area contributed by atoms with Gasteiger partial charge in [-0.25, -0.2) is 0 Å². The molecule has 0 aromatic heterocycles. The summed E-state index contributed by atoms with van der Waals surface area (Å²) in [6, 6.07) is 0. The van der Waals surface area contributed by atoms with Gasteiger partial charge in [0, 0.05) is 0 Å². The van der Waals surface area contributed by atoms with Gasteiger partial charge in [0.1, 0.15) is 0 Å². The van der Waals surface area contributed by atoms with Crippen molar-refractivity contribution in [2.45, 2.75) is 51.2 Å². The third-order valence-corrected chi connectivity index (χ3v) is 4.94. The molecule has 0 saturated heterocycles. The van der Waals surface area contributed by atoms with E-state index in [2.05, 4.69) is 13.8 Å². The second kappa shape index (κ2) is 3.44. The highest BCUT2D eigenvalue weighted by molar-refractivity contribution is 5.13. The summed E-state index contributed by atoms with van der Waals surface area (Å²) in [7, 11) is 0. The average Bonchev–Trinajstić information content (AvgIpc) is 2.18. The Morgan fingerprint density at radius 1 is 1.33 bits per heavy atom. The van der Waals surface area contributed by atoms with Crippen LogP contribution in [0.1, 0.15) is 39.5 Å². The summed E-state index contributed by atoms with van der Waals surface area (Å²) in [5.41, 5.74) is 4.80. The quantitative estimate of drug-likeness (QED) is 0.652. The van der Waals surface area contributed by atoms with Crippen molar-refractivity contribution in [2.24, 2.45) is 23.0 Å². The van der Waals surface area contributed by atoms with Gasteiger partial charge in [0.15, 0.2) is 0 Å². The van der Waals surface area contributed by atoms with Crippen LogP contribution in [0.25, 0.3) is 0 Å². The molecule has 88 valence electrons. The Morgan fingerprint density at radius 3 is 2.53 bits per heavy atom. The van der Waals surface area contributed by atoms with E-state index in [4.69, 9.17) is 5.73 Å². The van der Waals surface area contributed by atoms with E-state index in [1.807, 2.05) is 0 Å². The lowest BCUT2D eigenvalue weighted by Crippen LogP contribution is -2.67.